The first kappa shape index (κ1) is 13.7. The summed E-state index contributed by atoms with van der Waals surface area (Å²) in [5.74, 6) is 0. The molecule has 19 heavy (non-hydrogen) atoms. The molecule has 0 atom stereocenters. The van der Waals surface area contributed by atoms with Crippen LogP contribution in [0.5, 0.6) is 0 Å². The SMILES string of the molecule is Nc1ccc2c(S(=O)(=O)O)c[c]cc2c1S(=O)(=O)O. The van der Waals surface area contributed by atoms with E-state index in [2.05, 4.69) is 6.07 Å². The summed E-state index contributed by atoms with van der Waals surface area (Å²) in [6.45, 7) is 0. The molecule has 0 bridgehead atoms. The molecule has 0 aliphatic rings. The van der Waals surface area contributed by atoms with Gasteiger partial charge in [0.2, 0.25) is 0 Å². The Morgan fingerprint density at radius 1 is 0.947 bits per heavy atom. The average Bonchev–Trinajstić information content (AvgIpc) is 2.24. The fraction of sp³-hybridized carbons (Fsp3) is 0. The highest BCUT2D eigenvalue weighted by molar-refractivity contribution is 7.86. The van der Waals surface area contributed by atoms with Crippen LogP contribution in [0.3, 0.4) is 0 Å². The molecule has 2 rings (SSSR count). The lowest BCUT2D eigenvalue weighted by Gasteiger charge is -2.09. The van der Waals surface area contributed by atoms with Crippen LogP contribution < -0.4 is 5.73 Å². The van der Waals surface area contributed by atoms with Gasteiger partial charge in [-0.05, 0) is 24.3 Å². The average molecular weight is 302 g/mol. The van der Waals surface area contributed by atoms with Crippen LogP contribution in [-0.4, -0.2) is 25.9 Å². The Hall–Kier alpha value is -1.68. The molecule has 0 aromatic heterocycles. The smallest absolute Gasteiger partial charge is 0.297 e. The van der Waals surface area contributed by atoms with Crippen molar-refractivity contribution in [3.05, 3.63) is 30.3 Å². The quantitative estimate of drug-likeness (QED) is 0.549. The van der Waals surface area contributed by atoms with Gasteiger partial charge in [-0.15, -0.1) is 0 Å². The van der Waals surface area contributed by atoms with E-state index in [1.807, 2.05) is 0 Å². The molecule has 4 N–H and O–H groups in total. The van der Waals surface area contributed by atoms with E-state index in [1.165, 1.54) is 6.07 Å². The molecular formula is C10H8NO6S2. The minimum Gasteiger partial charge on any atom is -0.398 e. The molecule has 0 saturated heterocycles. The van der Waals surface area contributed by atoms with Gasteiger partial charge in [0.15, 0.2) is 0 Å². The second-order valence-electron chi connectivity index (χ2n) is 3.71. The van der Waals surface area contributed by atoms with Crippen molar-refractivity contribution in [2.24, 2.45) is 0 Å². The largest absolute Gasteiger partial charge is 0.398 e. The van der Waals surface area contributed by atoms with Gasteiger partial charge < -0.3 is 5.73 Å². The van der Waals surface area contributed by atoms with Crippen LogP contribution in [-0.2, 0) is 20.2 Å². The molecule has 0 fully saturated rings. The third-order valence-electron chi connectivity index (χ3n) is 2.47. The van der Waals surface area contributed by atoms with Crippen LogP contribution in [0.4, 0.5) is 5.69 Å². The molecule has 0 spiro atoms. The van der Waals surface area contributed by atoms with Gasteiger partial charge in [-0.1, -0.05) is 6.07 Å². The van der Waals surface area contributed by atoms with Gasteiger partial charge >= 0.3 is 0 Å². The lowest BCUT2D eigenvalue weighted by atomic mass is 10.1. The normalized spacial score (nSPS) is 12.7. The van der Waals surface area contributed by atoms with Crippen LogP contribution in [0.25, 0.3) is 10.8 Å². The third kappa shape index (κ3) is 2.40. The second kappa shape index (κ2) is 4.17. The van der Waals surface area contributed by atoms with E-state index in [0.717, 1.165) is 18.2 Å². The molecule has 0 unspecified atom stereocenters. The van der Waals surface area contributed by atoms with Crippen LogP contribution in [0, 0.1) is 6.07 Å². The second-order valence-corrected chi connectivity index (χ2v) is 6.46. The Bertz CT molecular complexity index is 870. The van der Waals surface area contributed by atoms with Crippen molar-refractivity contribution in [1.82, 2.24) is 0 Å². The number of rotatable bonds is 2. The zero-order valence-electron chi connectivity index (χ0n) is 9.23. The summed E-state index contributed by atoms with van der Waals surface area (Å²) in [5.41, 5.74) is 5.23. The van der Waals surface area contributed by atoms with E-state index in [-0.39, 0.29) is 16.5 Å². The lowest BCUT2D eigenvalue weighted by molar-refractivity contribution is 0.481. The van der Waals surface area contributed by atoms with Crippen molar-refractivity contribution in [1.29, 1.82) is 0 Å². The fourth-order valence-corrected chi connectivity index (χ4v) is 3.24. The number of nitrogen functional groups attached to an aromatic ring is 1. The minimum absolute atomic E-state index is 0.0805. The summed E-state index contributed by atoms with van der Waals surface area (Å²) in [6.07, 6.45) is 0. The van der Waals surface area contributed by atoms with E-state index in [1.54, 1.807) is 0 Å². The van der Waals surface area contributed by atoms with E-state index >= 15 is 0 Å². The summed E-state index contributed by atoms with van der Waals surface area (Å²) in [5, 5.41) is -0.222. The molecular weight excluding hydrogens is 294 g/mol. The Kier molecular flexibility index (Phi) is 3.01. The zero-order chi connectivity index (χ0) is 14.4. The topological polar surface area (TPSA) is 135 Å². The van der Waals surface area contributed by atoms with Crippen molar-refractivity contribution in [2.75, 3.05) is 5.73 Å². The first-order chi connectivity index (χ1) is 8.62. The first-order valence-electron chi connectivity index (χ1n) is 4.79. The summed E-state index contributed by atoms with van der Waals surface area (Å²) in [4.78, 5) is -1.14. The lowest BCUT2D eigenvalue weighted by Crippen LogP contribution is -2.06. The summed E-state index contributed by atoms with van der Waals surface area (Å²) >= 11 is 0. The van der Waals surface area contributed by atoms with Crippen molar-refractivity contribution < 1.29 is 25.9 Å². The maximum atomic E-state index is 11.3. The highest BCUT2D eigenvalue weighted by Gasteiger charge is 2.22. The van der Waals surface area contributed by atoms with Crippen LogP contribution >= 0.6 is 0 Å². The van der Waals surface area contributed by atoms with E-state index in [4.69, 9.17) is 14.8 Å². The van der Waals surface area contributed by atoms with Crippen LogP contribution in [0.15, 0.2) is 34.1 Å². The number of fused-ring (bicyclic) bond motifs is 1. The molecule has 0 heterocycles. The van der Waals surface area contributed by atoms with Crippen molar-refractivity contribution in [3.8, 4) is 0 Å². The number of benzene rings is 2. The Labute approximate surface area is 109 Å². The van der Waals surface area contributed by atoms with E-state index in [0.29, 0.717) is 0 Å². The van der Waals surface area contributed by atoms with Crippen molar-refractivity contribution in [2.45, 2.75) is 9.79 Å². The summed E-state index contributed by atoms with van der Waals surface area (Å²) in [6, 6.07) is 6.88. The molecule has 7 nitrogen and oxygen atoms in total. The monoisotopic (exact) mass is 302 g/mol. The van der Waals surface area contributed by atoms with Gasteiger partial charge in [0.05, 0.1) is 5.69 Å². The van der Waals surface area contributed by atoms with Gasteiger partial charge in [0.25, 0.3) is 20.2 Å². The highest BCUT2D eigenvalue weighted by atomic mass is 32.2. The van der Waals surface area contributed by atoms with Crippen LogP contribution in [0.2, 0.25) is 0 Å². The standard InChI is InChI=1S/C10H8NO6S2/c11-8-5-4-6-7(10(8)19(15,16)17)2-1-3-9(6)18(12,13)14/h2-5H,11H2,(H,12,13,14)(H,15,16,17). The molecule has 2 aromatic carbocycles. The minimum atomic E-state index is -4.64. The summed E-state index contributed by atoms with van der Waals surface area (Å²) in [7, 11) is -9.20. The highest BCUT2D eigenvalue weighted by Crippen LogP contribution is 2.31. The van der Waals surface area contributed by atoms with Gasteiger partial charge in [-0.25, -0.2) is 0 Å². The fourth-order valence-electron chi connectivity index (χ4n) is 1.75. The predicted molar refractivity (Wildman–Crippen MR) is 66.8 cm³/mol. The molecule has 0 amide bonds. The Morgan fingerprint density at radius 3 is 2.11 bits per heavy atom. The van der Waals surface area contributed by atoms with Crippen molar-refractivity contribution in [3.63, 3.8) is 0 Å². The molecule has 0 saturated carbocycles. The zero-order valence-corrected chi connectivity index (χ0v) is 10.9. The number of hydrogen-bond donors (Lipinski definition) is 3. The van der Waals surface area contributed by atoms with Gasteiger partial charge in [0.1, 0.15) is 9.79 Å². The molecule has 0 aliphatic heterocycles. The number of anilines is 1. The third-order valence-corrected chi connectivity index (χ3v) is 4.34. The summed E-state index contributed by atoms with van der Waals surface area (Å²) < 4.78 is 63.1. The van der Waals surface area contributed by atoms with Gasteiger partial charge in [-0.2, -0.15) is 16.8 Å². The maximum absolute atomic E-state index is 11.3. The molecule has 0 aliphatic carbocycles. The molecule has 101 valence electrons. The van der Waals surface area contributed by atoms with E-state index in [9.17, 15) is 16.8 Å². The Balaban J connectivity index is 3.07. The van der Waals surface area contributed by atoms with Crippen molar-refractivity contribution >= 4 is 36.7 Å². The molecule has 1 radical (unpaired) electrons. The maximum Gasteiger partial charge on any atom is 0.297 e. The van der Waals surface area contributed by atoms with Crippen LogP contribution in [0.1, 0.15) is 0 Å². The molecule has 2 aromatic rings. The first-order valence-corrected chi connectivity index (χ1v) is 7.67. The Morgan fingerprint density at radius 2 is 1.58 bits per heavy atom. The number of nitrogens with two attached hydrogens (primary N) is 1. The number of hydrogen-bond acceptors (Lipinski definition) is 5. The van der Waals surface area contributed by atoms with Gasteiger partial charge in [-0.3, -0.25) is 9.11 Å². The predicted octanol–water partition coefficient (Wildman–Crippen LogP) is 0.716. The molecule has 9 heteroatoms. The van der Waals surface area contributed by atoms with Gasteiger partial charge in [0, 0.05) is 10.8 Å². The van der Waals surface area contributed by atoms with E-state index < -0.39 is 30.0 Å².